The number of nitro groups is 1. The Labute approximate surface area is 149 Å². The Kier molecular flexibility index (Phi) is 4.40. The maximum atomic E-state index is 11.5. The van der Waals surface area contributed by atoms with E-state index < -0.39 is 8.05 Å². The summed E-state index contributed by atoms with van der Waals surface area (Å²) in [6, 6.07) is 11.0. The van der Waals surface area contributed by atoms with Crippen LogP contribution in [0.25, 0.3) is 0 Å². The third kappa shape index (κ3) is 3.26. The smallest absolute Gasteiger partial charge is 0.307 e. The Morgan fingerprint density at radius 1 is 1.14 bits per heavy atom. The van der Waals surface area contributed by atoms with E-state index in [1.807, 2.05) is 24.3 Å². The predicted molar refractivity (Wildman–Crippen MR) is 93.1 cm³/mol. The largest absolute Gasteiger partial charge is 0.348 e. The van der Waals surface area contributed by atoms with Crippen LogP contribution in [0.4, 0.5) is 17.1 Å². The van der Waals surface area contributed by atoms with Crippen LogP contribution in [0.1, 0.15) is 0 Å². The predicted octanol–water partition coefficient (Wildman–Crippen LogP) is 6.22. The molecule has 0 amide bonds. The third-order valence-corrected chi connectivity index (χ3v) is 5.49. The number of para-hydroxylation sites is 1. The molecule has 0 unspecified atom stereocenters. The van der Waals surface area contributed by atoms with Gasteiger partial charge in [0.05, 0.1) is 15.5 Å². The van der Waals surface area contributed by atoms with E-state index in [4.69, 9.17) is 34.8 Å². The van der Waals surface area contributed by atoms with Gasteiger partial charge in [-0.2, -0.15) is 0 Å². The second-order valence-electron chi connectivity index (χ2n) is 4.31. The zero-order valence-electron chi connectivity index (χ0n) is 10.7. The van der Waals surface area contributed by atoms with Crippen LogP contribution >= 0.6 is 58.3 Å². The molecular formula is C13H7Cl3N2O2S2. The number of anilines is 2. The summed E-state index contributed by atoms with van der Waals surface area (Å²) in [5, 5.41) is 14.6. The summed E-state index contributed by atoms with van der Waals surface area (Å²) in [6.07, 6.45) is 0. The molecule has 2 aromatic carbocycles. The second kappa shape index (κ2) is 6.02. The summed E-state index contributed by atoms with van der Waals surface area (Å²) >= 11 is 19.5. The third-order valence-electron chi connectivity index (χ3n) is 2.88. The number of halogens is 3. The fourth-order valence-corrected chi connectivity index (χ4v) is 4.46. The quantitative estimate of drug-likeness (QED) is 0.242. The van der Waals surface area contributed by atoms with Gasteiger partial charge in [-0.1, -0.05) is 70.5 Å². The van der Waals surface area contributed by atoms with E-state index in [1.54, 1.807) is 12.1 Å². The van der Waals surface area contributed by atoms with Crippen molar-refractivity contribution in [2.75, 3.05) is 5.32 Å². The SMILES string of the molecule is O=[N+]([O-])c1c(SC(Cl)(Cl)Cl)ccc2c1Nc1ccccc1S2. The number of benzene rings is 2. The molecule has 4 nitrogen and oxygen atoms in total. The molecule has 0 saturated carbocycles. The van der Waals surface area contributed by atoms with E-state index in [0.29, 0.717) is 10.6 Å². The molecule has 3 rings (SSSR count). The van der Waals surface area contributed by atoms with E-state index in [9.17, 15) is 10.1 Å². The highest BCUT2D eigenvalue weighted by Crippen LogP contribution is 2.53. The van der Waals surface area contributed by atoms with Crippen LogP contribution < -0.4 is 5.32 Å². The lowest BCUT2D eigenvalue weighted by molar-refractivity contribution is -0.386. The molecule has 0 fully saturated rings. The first-order valence-electron chi connectivity index (χ1n) is 5.96. The Balaban J connectivity index is 2.11. The lowest BCUT2D eigenvalue weighted by atomic mass is 10.2. The van der Waals surface area contributed by atoms with Gasteiger partial charge in [0.1, 0.15) is 5.69 Å². The lowest BCUT2D eigenvalue weighted by Gasteiger charge is -2.21. The summed E-state index contributed by atoms with van der Waals surface area (Å²) in [5.41, 5.74) is 1.16. The topological polar surface area (TPSA) is 55.2 Å². The van der Waals surface area contributed by atoms with E-state index in [1.165, 1.54) is 11.8 Å². The fourth-order valence-electron chi connectivity index (χ4n) is 2.06. The summed E-state index contributed by atoms with van der Waals surface area (Å²) in [4.78, 5) is 13.1. The standard InChI is InChI=1S/C13H7Cl3N2O2S2/c14-13(15,16)22-10-6-5-9-11(12(10)18(19)20)17-7-3-1-2-4-8(7)21-9/h1-6,17H. The highest BCUT2D eigenvalue weighted by Gasteiger charge is 2.32. The van der Waals surface area contributed by atoms with Crippen LogP contribution in [0.3, 0.4) is 0 Å². The average Bonchev–Trinajstić information content (AvgIpc) is 2.43. The van der Waals surface area contributed by atoms with Gasteiger partial charge < -0.3 is 5.32 Å². The van der Waals surface area contributed by atoms with Gasteiger partial charge in [0.2, 0.25) is 3.12 Å². The van der Waals surface area contributed by atoms with Crippen LogP contribution in [0.5, 0.6) is 0 Å². The van der Waals surface area contributed by atoms with Crippen molar-refractivity contribution in [2.45, 2.75) is 17.8 Å². The van der Waals surface area contributed by atoms with Crippen LogP contribution in [0.2, 0.25) is 0 Å². The molecule has 0 atom stereocenters. The Morgan fingerprint density at radius 2 is 1.86 bits per heavy atom. The fraction of sp³-hybridized carbons (Fsp3) is 0.0769. The first-order chi connectivity index (χ1) is 10.3. The van der Waals surface area contributed by atoms with E-state index >= 15 is 0 Å². The van der Waals surface area contributed by atoms with Gasteiger partial charge in [0.15, 0.2) is 0 Å². The monoisotopic (exact) mass is 392 g/mol. The molecule has 0 spiro atoms. The van der Waals surface area contributed by atoms with Crippen molar-refractivity contribution in [3.8, 4) is 0 Å². The van der Waals surface area contributed by atoms with Gasteiger partial charge >= 0.3 is 5.69 Å². The minimum Gasteiger partial charge on any atom is -0.348 e. The van der Waals surface area contributed by atoms with Gasteiger partial charge in [-0.25, -0.2) is 0 Å². The second-order valence-corrected chi connectivity index (χ2v) is 9.61. The number of thioether (sulfide) groups is 1. The Bertz CT molecular complexity index is 765. The molecule has 0 aromatic heterocycles. The molecule has 1 aliphatic heterocycles. The lowest BCUT2D eigenvalue weighted by Crippen LogP contribution is -2.05. The van der Waals surface area contributed by atoms with Crippen molar-refractivity contribution >= 4 is 75.4 Å². The van der Waals surface area contributed by atoms with Crippen molar-refractivity contribution in [3.63, 3.8) is 0 Å². The average molecular weight is 394 g/mol. The molecule has 0 aliphatic carbocycles. The number of fused-ring (bicyclic) bond motifs is 2. The number of hydrogen-bond acceptors (Lipinski definition) is 5. The summed E-state index contributed by atoms with van der Waals surface area (Å²) in [5.74, 6) is 0. The summed E-state index contributed by atoms with van der Waals surface area (Å²) in [7, 11) is 0. The van der Waals surface area contributed by atoms with E-state index in [-0.39, 0.29) is 5.69 Å². The molecule has 9 heteroatoms. The van der Waals surface area contributed by atoms with Gasteiger partial charge in [-0.15, -0.1) is 0 Å². The van der Waals surface area contributed by atoms with Crippen LogP contribution in [-0.2, 0) is 0 Å². The molecule has 0 radical (unpaired) electrons. The minimum atomic E-state index is -1.67. The highest BCUT2D eigenvalue weighted by molar-refractivity contribution is 8.04. The van der Waals surface area contributed by atoms with Gasteiger partial charge in [0.25, 0.3) is 0 Å². The van der Waals surface area contributed by atoms with E-state index in [0.717, 1.165) is 27.2 Å². The van der Waals surface area contributed by atoms with Gasteiger partial charge in [0, 0.05) is 9.79 Å². The Hall–Kier alpha value is -0.790. The molecule has 22 heavy (non-hydrogen) atoms. The summed E-state index contributed by atoms with van der Waals surface area (Å²) < 4.78 is -1.67. The molecule has 1 N–H and O–H groups in total. The van der Waals surface area contributed by atoms with Crippen LogP contribution in [-0.4, -0.2) is 8.05 Å². The number of hydrogen-bond donors (Lipinski definition) is 1. The first-order valence-corrected chi connectivity index (χ1v) is 8.73. The maximum absolute atomic E-state index is 11.5. The number of rotatable bonds is 2. The number of alkyl halides is 3. The highest BCUT2D eigenvalue weighted by atomic mass is 35.6. The van der Waals surface area contributed by atoms with Crippen molar-refractivity contribution in [3.05, 3.63) is 46.5 Å². The van der Waals surface area contributed by atoms with Crippen molar-refractivity contribution in [1.29, 1.82) is 0 Å². The number of nitrogens with one attached hydrogen (secondary N) is 1. The molecule has 0 bridgehead atoms. The molecular weight excluding hydrogens is 387 g/mol. The minimum absolute atomic E-state index is 0.0872. The van der Waals surface area contributed by atoms with Crippen LogP contribution in [0.15, 0.2) is 51.1 Å². The van der Waals surface area contributed by atoms with Crippen molar-refractivity contribution in [1.82, 2.24) is 0 Å². The zero-order valence-corrected chi connectivity index (χ0v) is 14.6. The van der Waals surface area contributed by atoms with Crippen molar-refractivity contribution < 1.29 is 4.92 Å². The molecule has 2 aromatic rings. The number of nitrogens with zero attached hydrogens (tertiary/aromatic N) is 1. The van der Waals surface area contributed by atoms with Gasteiger partial charge in [-0.3, -0.25) is 10.1 Å². The van der Waals surface area contributed by atoms with Crippen molar-refractivity contribution in [2.24, 2.45) is 0 Å². The van der Waals surface area contributed by atoms with Gasteiger partial charge in [-0.05, 0) is 24.3 Å². The van der Waals surface area contributed by atoms with E-state index in [2.05, 4.69) is 5.32 Å². The number of nitro benzene ring substituents is 1. The molecule has 0 saturated heterocycles. The molecule has 114 valence electrons. The normalized spacial score (nSPS) is 13.0. The zero-order chi connectivity index (χ0) is 15.9. The van der Waals surface area contributed by atoms with Crippen LogP contribution in [0, 0.1) is 10.1 Å². The summed E-state index contributed by atoms with van der Waals surface area (Å²) in [6.45, 7) is 0. The molecule has 1 aliphatic rings. The maximum Gasteiger partial charge on any atom is 0.307 e. The first kappa shape index (κ1) is 16.1. The Morgan fingerprint density at radius 3 is 2.55 bits per heavy atom. The molecule has 1 heterocycles.